The highest BCUT2D eigenvalue weighted by Gasteiger charge is 2.38. The molecule has 7 heteroatoms. The quantitative estimate of drug-likeness (QED) is 0.776. The van der Waals surface area contributed by atoms with E-state index in [1.165, 1.54) is 0 Å². The average molecular weight is 321 g/mol. The third-order valence-electron chi connectivity index (χ3n) is 3.67. The van der Waals surface area contributed by atoms with Crippen LogP contribution in [-0.2, 0) is 0 Å². The maximum atomic E-state index is 6.34. The molecule has 1 aromatic carbocycles. The predicted molar refractivity (Wildman–Crippen MR) is 82.6 cm³/mol. The van der Waals surface area contributed by atoms with Gasteiger partial charge in [0, 0.05) is 10.6 Å². The number of nitrogen functional groups attached to an aromatic ring is 1. The van der Waals surface area contributed by atoms with Crippen LogP contribution in [0.3, 0.4) is 0 Å². The SMILES string of the molecule is CC1=C2C(Cl)=Nc3cc(Cl)ccc3C2c2[nH]c(N)nc2O1. The molecule has 0 fully saturated rings. The smallest absolute Gasteiger partial charge is 0.242 e. The first kappa shape index (κ1) is 12.7. The Morgan fingerprint density at radius 2 is 2.14 bits per heavy atom. The van der Waals surface area contributed by atoms with Crippen molar-refractivity contribution in [1.82, 2.24) is 9.97 Å². The van der Waals surface area contributed by atoms with Crippen molar-refractivity contribution in [3.8, 4) is 5.88 Å². The second-order valence-electron chi connectivity index (χ2n) is 4.95. The maximum absolute atomic E-state index is 6.34. The number of H-pyrrole nitrogens is 1. The van der Waals surface area contributed by atoms with Crippen LogP contribution in [0.2, 0.25) is 5.02 Å². The van der Waals surface area contributed by atoms with Crippen LogP contribution in [0.25, 0.3) is 0 Å². The first-order valence-electron chi connectivity index (χ1n) is 6.32. The van der Waals surface area contributed by atoms with Gasteiger partial charge in [-0.05, 0) is 24.6 Å². The van der Waals surface area contributed by atoms with E-state index in [1.807, 2.05) is 19.1 Å². The molecule has 0 spiro atoms. The summed E-state index contributed by atoms with van der Waals surface area (Å²) in [6.45, 7) is 1.84. The summed E-state index contributed by atoms with van der Waals surface area (Å²) in [4.78, 5) is 11.6. The number of allylic oxidation sites excluding steroid dienone is 2. The number of nitrogens with two attached hydrogens (primary N) is 1. The maximum Gasteiger partial charge on any atom is 0.242 e. The monoisotopic (exact) mass is 320 g/mol. The lowest BCUT2D eigenvalue weighted by Gasteiger charge is -2.30. The fraction of sp³-hybridized carbons (Fsp3) is 0.143. The van der Waals surface area contributed by atoms with E-state index < -0.39 is 0 Å². The van der Waals surface area contributed by atoms with Crippen molar-refractivity contribution in [2.75, 3.05) is 5.73 Å². The van der Waals surface area contributed by atoms with Gasteiger partial charge in [-0.2, -0.15) is 4.98 Å². The summed E-state index contributed by atoms with van der Waals surface area (Å²) in [5.41, 5.74) is 9.10. The molecule has 0 bridgehead atoms. The Morgan fingerprint density at radius 1 is 1.33 bits per heavy atom. The summed E-state index contributed by atoms with van der Waals surface area (Å²) in [5.74, 6) is 1.33. The summed E-state index contributed by atoms with van der Waals surface area (Å²) in [6.07, 6.45) is 0. The zero-order valence-corrected chi connectivity index (χ0v) is 12.5. The second-order valence-corrected chi connectivity index (χ2v) is 5.75. The van der Waals surface area contributed by atoms with Gasteiger partial charge in [-0.15, -0.1) is 0 Å². The molecule has 106 valence electrons. The van der Waals surface area contributed by atoms with Crippen LogP contribution in [0.15, 0.2) is 34.5 Å². The number of fused-ring (bicyclic) bond motifs is 5. The van der Waals surface area contributed by atoms with Gasteiger partial charge < -0.3 is 15.5 Å². The van der Waals surface area contributed by atoms with Gasteiger partial charge in [0.25, 0.3) is 0 Å². The van der Waals surface area contributed by atoms with E-state index in [4.69, 9.17) is 33.7 Å². The van der Waals surface area contributed by atoms with Crippen LogP contribution in [-0.4, -0.2) is 15.1 Å². The molecule has 2 aliphatic heterocycles. The largest absolute Gasteiger partial charge is 0.442 e. The summed E-state index contributed by atoms with van der Waals surface area (Å²) >= 11 is 12.4. The van der Waals surface area contributed by atoms with Gasteiger partial charge in [0.15, 0.2) is 0 Å². The Morgan fingerprint density at radius 3 is 2.95 bits per heavy atom. The molecule has 1 aromatic heterocycles. The number of benzene rings is 1. The summed E-state index contributed by atoms with van der Waals surface area (Å²) in [6, 6.07) is 5.56. The molecule has 0 amide bonds. The molecule has 0 saturated carbocycles. The number of aromatic amines is 1. The third-order valence-corrected chi connectivity index (χ3v) is 4.19. The number of imidazole rings is 1. The van der Waals surface area contributed by atoms with Crippen LogP contribution in [0.5, 0.6) is 5.88 Å². The number of halogens is 2. The van der Waals surface area contributed by atoms with Crippen molar-refractivity contribution in [2.24, 2.45) is 4.99 Å². The van der Waals surface area contributed by atoms with Gasteiger partial charge >= 0.3 is 0 Å². The molecule has 0 radical (unpaired) electrons. The lowest BCUT2D eigenvalue weighted by molar-refractivity contribution is 0.388. The minimum atomic E-state index is -0.129. The first-order chi connectivity index (χ1) is 10.0. The molecule has 2 aromatic rings. The van der Waals surface area contributed by atoms with E-state index >= 15 is 0 Å². The normalized spacial score (nSPS) is 19.4. The summed E-state index contributed by atoms with van der Waals surface area (Å²) in [5, 5.41) is 1.01. The van der Waals surface area contributed by atoms with Gasteiger partial charge in [0.2, 0.25) is 11.8 Å². The van der Waals surface area contributed by atoms with E-state index in [1.54, 1.807) is 6.07 Å². The third kappa shape index (κ3) is 1.78. The molecule has 5 nitrogen and oxygen atoms in total. The van der Waals surface area contributed by atoms with Crippen LogP contribution in [0, 0.1) is 0 Å². The second kappa shape index (κ2) is 4.26. The van der Waals surface area contributed by atoms with Crippen molar-refractivity contribution >= 4 is 40.0 Å². The molecule has 21 heavy (non-hydrogen) atoms. The van der Waals surface area contributed by atoms with Gasteiger partial charge in [0.05, 0.1) is 17.3 Å². The molecular formula is C14H10Cl2N4O. The molecule has 3 N–H and O–H groups in total. The van der Waals surface area contributed by atoms with Crippen molar-refractivity contribution in [3.05, 3.63) is 45.8 Å². The lowest BCUT2D eigenvalue weighted by Crippen LogP contribution is -2.21. The zero-order chi connectivity index (χ0) is 14.7. The number of anilines is 1. The highest BCUT2D eigenvalue weighted by Crippen LogP contribution is 2.49. The van der Waals surface area contributed by atoms with E-state index in [0.717, 1.165) is 22.5 Å². The van der Waals surface area contributed by atoms with Crippen molar-refractivity contribution in [1.29, 1.82) is 0 Å². The highest BCUT2D eigenvalue weighted by atomic mass is 35.5. The standard InChI is InChI=1S/C14H10Cl2N4O/c1-5-9-10(11-13(21-5)20-14(17)19-11)7-3-2-6(15)4-8(7)18-12(9)16/h2-4,10H,1H3,(H3,17,19,20). The lowest BCUT2D eigenvalue weighted by atomic mass is 9.84. The van der Waals surface area contributed by atoms with Crippen LogP contribution >= 0.6 is 23.2 Å². The number of nitrogens with zero attached hydrogens (tertiary/aromatic N) is 2. The fourth-order valence-electron chi connectivity index (χ4n) is 2.81. The number of aromatic nitrogens is 2. The fourth-order valence-corrected chi connectivity index (χ4v) is 3.31. The van der Waals surface area contributed by atoms with E-state index in [9.17, 15) is 0 Å². The van der Waals surface area contributed by atoms with E-state index in [2.05, 4.69) is 15.0 Å². The van der Waals surface area contributed by atoms with Crippen molar-refractivity contribution < 1.29 is 4.74 Å². The number of rotatable bonds is 0. The highest BCUT2D eigenvalue weighted by molar-refractivity contribution is 6.70. The van der Waals surface area contributed by atoms with Crippen LogP contribution in [0.4, 0.5) is 11.6 Å². The average Bonchev–Trinajstić information content (AvgIpc) is 2.77. The Kier molecular flexibility index (Phi) is 2.58. The van der Waals surface area contributed by atoms with E-state index in [-0.39, 0.29) is 5.92 Å². The van der Waals surface area contributed by atoms with Gasteiger partial charge in [0.1, 0.15) is 10.9 Å². The summed E-state index contributed by atoms with van der Waals surface area (Å²) in [7, 11) is 0. The Bertz CT molecular complexity index is 837. The Balaban J connectivity index is 2.03. The van der Waals surface area contributed by atoms with E-state index in [0.29, 0.717) is 27.8 Å². The van der Waals surface area contributed by atoms with Gasteiger partial charge in [-0.1, -0.05) is 29.3 Å². The number of nitrogens with one attached hydrogen (secondary N) is 1. The molecule has 1 atom stereocenters. The predicted octanol–water partition coefficient (Wildman–Crippen LogP) is 3.73. The number of hydrogen-bond donors (Lipinski definition) is 2. The van der Waals surface area contributed by atoms with Crippen molar-refractivity contribution in [2.45, 2.75) is 12.8 Å². The minimum absolute atomic E-state index is 0.129. The molecule has 0 aliphatic carbocycles. The first-order valence-corrected chi connectivity index (χ1v) is 7.08. The van der Waals surface area contributed by atoms with Crippen molar-refractivity contribution in [3.63, 3.8) is 0 Å². The van der Waals surface area contributed by atoms with Gasteiger partial charge in [-0.3, -0.25) is 0 Å². The Hall–Kier alpha value is -1.98. The number of aliphatic imine (C=N–C) groups is 1. The summed E-state index contributed by atoms with van der Waals surface area (Å²) < 4.78 is 5.70. The minimum Gasteiger partial charge on any atom is -0.442 e. The molecule has 2 aliphatic rings. The van der Waals surface area contributed by atoms with Gasteiger partial charge in [-0.25, -0.2) is 4.99 Å². The number of ether oxygens (including phenoxy) is 1. The van der Waals surface area contributed by atoms with Crippen LogP contribution < -0.4 is 10.5 Å². The zero-order valence-electron chi connectivity index (χ0n) is 10.9. The molecular weight excluding hydrogens is 311 g/mol. The topological polar surface area (TPSA) is 76.3 Å². The molecule has 1 unspecified atom stereocenters. The number of hydrogen-bond acceptors (Lipinski definition) is 4. The Labute approximate surface area is 130 Å². The molecule has 4 rings (SSSR count). The molecule has 3 heterocycles. The van der Waals surface area contributed by atoms with Crippen LogP contribution in [0.1, 0.15) is 24.1 Å². The molecule has 0 saturated heterocycles.